The van der Waals surface area contributed by atoms with Gasteiger partial charge in [-0.3, -0.25) is 4.79 Å². The number of rotatable bonds is 3. The molecule has 20 heavy (non-hydrogen) atoms. The van der Waals surface area contributed by atoms with Gasteiger partial charge >= 0.3 is 0 Å². The fourth-order valence-electron chi connectivity index (χ4n) is 3.16. The molecule has 1 saturated heterocycles. The van der Waals surface area contributed by atoms with Crippen molar-refractivity contribution in [1.82, 2.24) is 9.47 Å². The number of fused-ring (bicyclic) bond motifs is 1. The smallest absolute Gasteiger partial charge is 0.251 e. The first kappa shape index (κ1) is 13.4. The predicted molar refractivity (Wildman–Crippen MR) is 83.2 cm³/mol. The van der Waals surface area contributed by atoms with Crippen LogP contribution in [0.2, 0.25) is 0 Å². The quantitative estimate of drug-likeness (QED) is 0.857. The first-order valence-corrected chi connectivity index (χ1v) is 7.57. The van der Waals surface area contributed by atoms with Crippen LogP contribution in [-0.2, 0) is 6.54 Å². The normalized spacial score (nSPS) is 16.6. The number of piperidine rings is 1. The fraction of sp³-hybridized carbons (Fsp3) is 0.471. The lowest BCUT2D eigenvalue weighted by Gasteiger charge is -2.26. The van der Waals surface area contributed by atoms with Crippen molar-refractivity contribution >= 4 is 10.9 Å². The monoisotopic (exact) mass is 270 g/mol. The van der Waals surface area contributed by atoms with E-state index in [0.717, 1.165) is 24.2 Å². The zero-order chi connectivity index (χ0) is 13.9. The Morgan fingerprint density at radius 1 is 1.05 bits per heavy atom. The third-order valence-electron chi connectivity index (χ3n) is 4.31. The van der Waals surface area contributed by atoms with E-state index in [1.54, 1.807) is 6.07 Å². The fourth-order valence-corrected chi connectivity index (χ4v) is 3.16. The van der Waals surface area contributed by atoms with Crippen LogP contribution < -0.4 is 5.56 Å². The average molecular weight is 270 g/mol. The molecule has 0 N–H and O–H groups in total. The summed E-state index contributed by atoms with van der Waals surface area (Å²) in [5.74, 6) is 0. The maximum absolute atomic E-state index is 12.3. The maximum atomic E-state index is 12.3. The summed E-state index contributed by atoms with van der Waals surface area (Å²) >= 11 is 0. The van der Waals surface area contributed by atoms with Crippen molar-refractivity contribution in [3.63, 3.8) is 0 Å². The molecule has 0 radical (unpaired) electrons. The summed E-state index contributed by atoms with van der Waals surface area (Å²) in [5, 5.41) is 1.19. The molecule has 1 fully saturated rings. The highest BCUT2D eigenvalue weighted by Gasteiger charge is 2.11. The van der Waals surface area contributed by atoms with E-state index in [-0.39, 0.29) is 5.56 Å². The zero-order valence-electron chi connectivity index (χ0n) is 12.1. The molecular weight excluding hydrogens is 248 g/mol. The van der Waals surface area contributed by atoms with Crippen molar-refractivity contribution < 1.29 is 0 Å². The van der Waals surface area contributed by atoms with E-state index in [0.29, 0.717) is 0 Å². The van der Waals surface area contributed by atoms with E-state index in [1.165, 1.54) is 37.7 Å². The Hall–Kier alpha value is -1.61. The van der Waals surface area contributed by atoms with Crippen molar-refractivity contribution in [2.45, 2.75) is 32.7 Å². The summed E-state index contributed by atoms with van der Waals surface area (Å²) in [6.45, 7) is 6.14. The van der Waals surface area contributed by atoms with Crippen molar-refractivity contribution in [2.75, 3.05) is 19.6 Å². The highest BCUT2D eigenvalue weighted by Crippen LogP contribution is 2.16. The van der Waals surface area contributed by atoms with Gasteiger partial charge in [0, 0.05) is 24.5 Å². The molecule has 0 atom stereocenters. The van der Waals surface area contributed by atoms with E-state index in [2.05, 4.69) is 17.0 Å². The Balaban J connectivity index is 1.88. The first-order chi connectivity index (χ1) is 9.75. The molecular formula is C17H22N2O. The number of hydrogen-bond acceptors (Lipinski definition) is 2. The molecule has 106 valence electrons. The lowest BCUT2D eigenvalue weighted by molar-refractivity contribution is 0.221. The van der Waals surface area contributed by atoms with Crippen LogP contribution in [0.4, 0.5) is 0 Å². The third kappa shape index (κ3) is 2.63. The molecule has 0 spiro atoms. The van der Waals surface area contributed by atoms with Gasteiger partial charge in [-0.25, -0.2) is 0 Å². The molecule has 0 aliphatic carbocycles. The first-order valence-electron chi connectivity index (χ1n) is 7.57. The van der Waals surface area contributed by atoms with Crippen LogP contribution in [0, 0.1) is 6.92 Å². The van der Waals surface area contributed by atoms with Gasteiger partial charge in [0.1, 0.15) is 0 Å². The number of aromatic nitrogens is 1. The summed E-state index contributed by atoms with van der Waals surface area (Å²) in [6.07, 6.45) is 3.94. The molecule has 3 nitrogen and oxygen atoms in total. The lowest BCUT2D eigenvalue weighted by Crippen LogP contribution is -2.34. The van der Waals surface area contributed by atoms with Gasteiger partial charge in [0.25, 0.3) is 5.56 Å². The number of benzene rings is 1. The van der Waals surface area contributed by atoms with Crippen molar-refractivity contribution in [3.05, 3.63) is 46.2 Å². The SMILES string of the molecule is Cc1cc(=O)n(CCN2CCCCC2)c2ccccc12. The van der Waals surface area contributed by atoms with Crippen LogP contribution in [0.1, 0.15) is 24.8 Å². The van der Waals surface area contributed by atoms with Crippen molar-refractivity contribution in [3.8, 4) is 0 Å². The summed E-state index contributed by atoms with van der Waals surface area (Å²) < 4.78 is 1.93. The average Bonchev–Trinajstić information content (AvgIpc) is 2.48. The largest absolute Gasteiger partial charge is 0.307 e. The Labute approximate surface area is 119 Å². The molecule has 1 aromatic carbocycles. The molecule has 1 aliphatic heterocycles. The molecule has 0 bridgehead atoms. The van der Waals surface area contributed by atoms with E-state index >= 15 is 0 Å². The van der Waals surface area contributed by atoms with Gasteiger partial charge in [0.2, 0.25) is 0 Å². The number of hydrogen-bond donors (Lipinski definition) is 0. The Morgan fingerprint density at radius 3 is 2.60 bits per heavy atom. The van der Waals surface area contributed by atoms with Crippen LogP contribution in [0.3, 0.4) is 0 Å². The molecule has 3 rings (SSSR count). The van der Waals surface area contributed by atoms with Gasteiger partial charge in [-0.05, 0) is 44.5 Å². The standard InChI is InChI=1S/C17H22N2O/c1-14-13-17(20)19(16-8-4-3-7-15(14)16)12-11-18-9-5-2-6-10-18/h3-4,7-8,13H,2,5-6,9-12H2,1H3. The van der Waals surface area contributed by atoms with Gasteiger partial charge in [0.05, 0.1) is 5.52 Å². The topological polar surface area (TPSA) is 25.2 Å². The molecule has 0 saturated carbocycles. The molecule has 3 heteroatoms. The van der Waals surface area contributed by atoms with Crippen LogP contribution in [0.25, 0.3) is 10.9 Å². The van der Waals surface area contributed by atoms with Gasteiger partial charge in [-0.15, -0.1) is 0 Å². The summed E-state index contributed by atoms with van der Waals surface area (Å²) in [5.41, 5.74) is 2.26. The molecule has 0 unspecified atom stereocenters. The second-order valence-corrected chi connectivity index (χ2v) is 5.74. The van der Waals surface area contributed by atoms with E-state index in [9.17, 15) is 4.79 Å². The van der Waals surface area contributed by atoms with E-state index in [4.69, 9.17) is 0 Å². The molecule has 1 aliphatic rings. The second-order valence-electron chi connectivity index (χ2n) is 5.74. The summed E-state index contributed by atoms with van der Waals surface area (Å²) in [4.78, 5) is 14.7. The molecule has 0 amide bonds. The van der Waals surface area contributed by atoms with Crippen LogP contribution in [-0.4, -0.2) is 29.1 Å². The highest BCUT2D eigenvalue weighted by molar-refractivity contribution is 5.82. The summed E-state index contributed by atoms with van der Waals surface area (Å²) in [6, 6.07) is 9.97. The number of pyridine rings is 1. The van der Waals surface area contributed by atoms with Gasteiger partial charge in [-0.2, -0.15) is 0 Å². The van der Waals surface area contributed by atoms with Crippen molar-refractivity contribution in [2.24, 2.45) is 0 Å². The van der Waals surface area contributed by atoms with Crippen LogP contribution in [0.15, 0.2) is 35.1 Å². The Kier molecular flexibility index (Phi) is 3.88. The minimum Gasteiger partial charge on any atom is -0.307 e. The number of aryl methyl sites for hydroxylation is 1. The molecule has 2 aromatic rings. The Morgan fingerprint density at radius 2 is 1.80 bits per heavy atom. The number of nitrogens with zero attached hydrogens (tertiary/aromatic N) is 2. The number of likely N-dealkylation sites (tertiary alicyclic amines) is 1. The van der Waals surface area contributed by atoms with Gasteiger partial charge in [0.15, 0.2) is 0 Å². The summed E-state index contributed by atoms with van der Waals surface area (Å²) in [7, 11) is 0. The van der Waals surface area contributed by atoms with Gasteiger partial charge in [-0.1, -0.05) is 24.6 Å². The van der Waals surface area contributed by atoms with Crippen LogP contribution in [0.5, 0.6) is 0 Å². The highest BCUT2D eigenvalue weighted by atomic mass is 16.1. The van der Waals surface area contributed by atoms with E-state index < -0.39 is 0 Å². The Bertz CT molecular complexity index is 654. The van der Waals surface area contributed by atoms with Crippen molar-refractivity contribution in [1.29, 1.82) is 0 Å². The minimum absolute atomic E-state index is 0.123. The molecule has 1 aromatic heterocycles. The zero-order valence-corrected chi connectivity index (χ0v) is 12.1. The lowest BCUT2D eigenvalue weighted by atomic mass is 10.1. The number of para-hydroxylation sites is 1. The van der Waals surface area contributed by atoms with Crippen LogP contribution >= 0.6 is 0 Å². The second kappa shape index (κ2) is 5.80. The predicted octanol–water partition coefficient (Wildman–Crippen LogP) is 2.80. The minimum atomic E-state index is 0.123. The maximum Gasteiger partial charge on any atom is 0.251 e. The third-order valence-corrected chi connectivity index (χ3v) is 4.31. The van der Waals surface area contributed by atoms with Gasteiger partial charge < -0.3 is 9.47 Å². The van der Waals surface area contributed by atoms with E-state index in [1.807, 2.05) is 23.6 Å². The molecule has 2 heterocycles.